The predicted molar refractivity (Wildman–Crippen MR) is 284 cm³/mol. The van der Waals surface area contributed by atoms with E-state index in [-0.39, 0.29) is 102 Å². The third-order valence-corrected chi connectivity index (χ3v) is 20.3. The quantitative estimate of drug-likeness (QED) is 0.0288. The SMILES string of the molecule is C[C@@H]1CC2(C(=O)OCc3ccccc3)CC[C@]3(I)C(C(=O)OCc4ccccc4)(CC[C@]4(C)[C@@H](C(=O)CC(=O)OCc5ccccc5)CCC34C(=O)OCc3ccccc3)C2(C(=O)OCc2ccccc2)C[C@@H]1C. The summed E-state index contributed by atoms with van der Waals surface area (Å²) < 4.78 is 30.3. The van der Waals surface area contributed by atoms with E-state index in [4.69, 9.17) is 23.7 Å². The van der Waals surface area contributed by atoms with Crippen molar-refractivity contribution in [1.29, 1.82) is 0 Å². The number of carbonyl (C=O) groups excluding carboxylic acids is 6. The van der Waals surface area contributed by atoms with Crippen LogP contribution in [0.15, 0.2) is 152 Å². The van der Waals surface area contributed by atoms with E-state index < -0.39 is 72.7 Å². The summed E-state index contributed by atoms with van der Waals surface area (Å²) in [6.07, 6.45) is 0.0732. The molecule has 5 aromatic rings. The molecule has 9 rings (SSSR count). The minimum absolute atomic E-state index is 0.00978. The second kappa shape index (κ2) is 21.6. The average molecular weight is 1110 g/mol. The molecular weight excluding hydrogens is 1050 g/mol. The second-order valence-electron chi connectivity index (χ2n) is 21.5. The molecule has 5 aromatic carbocycles. The molecule has 0 saturated heterocycles. The van der Waals surface area contributed by atoms with Crippen molar-refractivity contribution in [3.63, 3.8) is 0 Å². The highest BCUT2D eigenvalue weighted by Gasteiger charge is 2.90. The minimum atomic E-state index is -1.99. The number of hydrogen-bond donors (Lipinski definition) is 0. The first-order valence-electron chi connectivity index (χ1n) is 25.9. The Kier molecular flexibility index (Phi) is 15.4. The maximum absolute atomic E-state index is 16.6. The Hall–Kier alpha value is -6.15. The summed E-state index contributed by atoms with van der Waals surface area (Å²) in [6.45, 7) is 5.54. The van der Waals surface area contributed by atoms with E-state index in [0.717, 1.165) is 16.7 Å². The highest BCUT2D eigenvalue weighted by atomic mass is 127. The lowest BCUT2D eigenvalue weighted by molar-refractivity contribution is -0.262. The Morgan fingerprint density at radius 3 is 1.27 bits per heavy atom. The number of halogens is 1. The molecule has 0 N–H and O–H groups in total. The molecule has 0 aliphatic heterocycles. The van der Waals surface area contributed by atoms with Crippen molar-refractivity contribution in [2.45, 2.75) is 115 Å². The molecule has 12 heteroatoms. The van der Waals surface area contributed by atoms with E-state index in [0.29, 0.717) is 11.1 Å². The van der Waals surface area contributed by atoms with Crippen LogP contribution in [0, 0.1) is 44.8 Å². The molecule has 386 valence electrons. The van der Waals surface area contributed by atoms with Gasteiger partial charge in [-0.25, -0.2) is 0 Å². The summed E-state index contributed by atoms with van der Waals surface area (Å²) in [5.74, 6) is -4.97. The fourth-order valence-electron chi connectivity index (χ4n) is 14.1. The largest absolute Gasteiger partial charge is 0.460 e. The normalized spacial score (nSPS) is 29.8. The van der Waals surface area contributed by atoms with Gasteiger partial charge in [-0.3, -0.25) is 28.8 Å². The number of hydrogen-bond acceptors (Lipinski definition) is 11. The number of ether oxygens (including phenoxy) is 5. The predicted octanol–water partition coefficient (Wildman–Crippen LogP) is 11.9. The molecule has 0 amide bonds. The molecule has 0 heterocycles. The zero-order valence-electron chi connectivity index (χ0n) is 42.4. The zero-order chi connectivity index (χ0) is 52.2. The average Bonchev–Trinajstić information content (AvgIpc) is 3.93. The number of esters is 5. The molecular formula is C62H65IO11. The molecule has 4 fully saturated rings. The van der Waals surface area contributed by atoms with Gasteiger partial charge in [-0.15, -0.1) is 0 Å². The van der Waals surface area contributed by atoms with Gasteiger partial charge >= 0.3 is 29.8 Å². The number of ketones is 1. The zero-order valence-corrected chi connectivity index (χ0v) is 44.6. The summed E-state index contributed by atoms with van der Waals surface area (Å²) in [7, 11) is 0. The fourth-order valence-corrected chi connectivity index (χ4v) is 16.4. The van der Waals surface area contributed by atoms with Crippen molar-refractivity contribution in [2.24, 2.45) is 44.8 Å². The van der Waals surface area contributed by atoms with Crippen LogP contribution in [0.25, 0.3) is 0 Å². The van der Waals surface area contributed by atoms with Crippen LogP contribution in [0.5, 0.6) is 0 Å². The van der Waals surface area contributed by atoms with Crippen LogP contribution < -0.4 is 0 Å². The number of benzene rings is 5. The Labute approximate surface area is 447 Å². The molecule has 0 bridgehead atoms. The van der Waals surface area contributed by atoms with Crippen molar-refractivity contribution in [3.8, 4) is 0 Å². The lowest BCUT2D eigenvalue weighted by Gasteiger charge is -2.73. The van der Waals surface area contributed by atoms with Crippen LogP contribution in [0.1, 0.15) is 106 Å². The van der Waals surface area contributed by atoms with Gasteiger partial charge in [0.05, 0.1) is 14.3 Å². The Morgan fingerprint density at radius 2 is 0.824 bits per heavy atom. The molecule has 74 heavy (non-hydrogen) atoms. The van der Waals surface area contributed by atoms with Crippen LogP contribution in [0.2, 0.25) is 0 Å². The first kappa shape index (κ1) is 52.7. The lowest BCUT2D eigenvalue weighted by Crippen LogP contribution is -2.82. The number of rotatable bonds is 17. The smallest absolute Gasteiger partial charge is 0.315 e. The Balaban J connectivity index is 1.23. The Bertz CT molecular complexity index is 2830. The van der Waals surface area contributed by atoms with Crippen LogP contribution in [0.4, 0.5) is 0 Å². The van der Waals surface area contributed by atoms with Crippen LogP contribution in [0.3, 0.4) is 0 Å². The van der Waals surface area contributed by atoms with Gasteiger partial charge in [-0.1, -0.05) is 195 Å². The van der Waals surface area contributed by atoms with Gasteiger partial charge in [0.1, 0.15) is 56.1 Å². The van der Waals surface area contributed by atoms with Gasteiger partial charge in [-0.05, 0) is 96.4 Å². The van der Waals surface area contributed by atoms with E-state index in [2.05, 4.69) is 29.5 Å². The highest BCUT2D eigenvalue weighted by Crippen LogP contribution is 2.84. The topological polar surface area (TPSA) is 149 Å². The number of fused-ring (bicyclic) bond motifs is 5. The molecule has 4 unspecified atom stereocenters. The first-order valence-corrected chi connectivity index (χ1v) is 27.0. The first-order chi connectivity index (χ1) is 35.7. The van der Waals surface area contributed by atoms with Gasteiger partial charge < -0.3 is 23.7 Å². The highest BCUT2D eigenvalue weighted by molar-refractivity contribution is 14.1. The molecule has 4 aliphatic rings. The molecule has 0 radical (unpaired) electrons. The van der Waals surface area contributed by atoms with Crippen molar-refractivity contribution < 1.29 is 52.5 Å². The van der Waals surface area contributed by atoms with Gasteiger partial charge in [0.2, 0.25) is 0 Å². The van der Waals surface area contributed by atoms with Crippen LogP contribution >= 0.6 is 22.6 Å². The molecule has 0 spiro atoms. The maximum Gasteiger partial charge on any atom is 0.315 e. The van der Waals surface area contributed by atoms with Crippen LogP contribution in [-0.2, 0) is 85.5 Å². The second-order valence-corrected chi connectivity index (χ2v) is 23.3. The number of alkyl halides is 1. The standard InChI is InChI=1S/C62H65IO11/c1-43-36-58(53(66)71-39-46-21-11-5-12-22-46)32-34-62(63)59(54(67)72-40-47-23-13-6-14-24-47)30-29-50(51(64)35-52(65)70-38-45-19-9-4-10-20-45)57(59,3)31-33-60(62,55(68)73-41-48-25-15-7-16-26-48)61(58,37-44(43)2)56(69)74-42-49-27-17-8-18-28-49/h4-28,43-44,50H,29-42H2,1-3H3/t43-,44+,50-,57-,58?,59?,60?,61?,62-/m1/s1. The summed E-state index contributed by atoms with van der Waals surface area (Å²) >= 11 is 2.30. The monoisotopic (exact) mass is 1110 g/mol. The van der Waals surface area contributed by atoms with Gasteiger partial charge in [0.15, 0.2) is 0 Å². The Morgan fingerprint density at radius 1 is 0.446 bits per heavy atom. The van der Waals surface area contributed by atoms with Gasteiger partial charge in [0, 0.05) is 5.92 Å². The van der Waals surface area contributed by atoms with Crippen molar-refractivity contribution in [2.75, 3.05) is 0 Å². The van der Waals surface area contributed by atoms with Gasteiger partial charge in [-0.2, -0.15) is 0 Å². The summed E-state index contributed by atoms with van der Waals surface area (Å²) in [5.41, 5.74) is -4.85. The maximum atomic E-state index is 16.6. The minimum Gasteiger partial charge on any atom is -0.460 e. The third-order valence-electron chi connectivity index (χ3n) is 17.9. The lowest BCUT2D eigenvalue weighted by atomic mass is 9.29. The molecule has 9 atom stereocenters. The van der Waals surface area contributed by atoms with Gasteiger partial charge in [0.25, 0.3) is 0 Å². The van der Waals surface area contributed by atoms with E-state index in [1.807, 2.05) is 166 Å². The number of Topliss-reactive ketones (excluding diaryl/α,β-unsaturated/α-hetero) is 1. The van der Waals surface area contributed by atoms with E-state index in [9.17, 15) is 9.59 Å². The van der Waals surface area contributed by atoms with E-state index in [1.54, 1.807) is 0 Å². The third kappa shape index (κ3) is 8.96. The van der Waals surface area contributed by atoms with Crippen LogP contribution in [-0.4, -0.2) is 39.1 Å². The number of carbonyl (C=O) groups is 6. The molecule has 0 aromatic heterocycles. The van der Waals surface area contributed by atoms with E-state index in [1.165, 1.54) is 0 Å². The summed E-state index contributed by atoms with van der Waals surface area (Å²) in [5, 5.41) is 0. The van der Waals surface area contributed by atoms with Crippen molar-refractivity contribution >= 4 is 58.2 Å². The molecule has 11 nitrogen and oxygen atoms in total. The van der Waals surface area contributed by atoms with E-state index >= 15 is 19.2 Å². The van der Waals surface area contributed by atoms with Crippen molar-refractivity contribution in [1.82, 2.24) is 0 Å². The molecule has 4 saturated carbocycles. The van der Waals surface area contributed by atoms with Crippen molar-refractivity contribution in [3.05, 3.63) is 179 Å². The molecule has 4 aliphatic carbocycles. The fraction of sp³-hybridized carbons (Fsp3) is 0.419. The summed E-state index contributed by atoms with van der Waals surface area (Å²) in [6, 6.07) is 46.4. The summed E-state index contributed by atoms with van der Waals surface area (Å²) in [4.78, 5) is 93.7.